The fraction of sp³-hybridized carbons (Fsp3) is 0.320. The van der Waals surface area contributed by atoms with Gasteiger partial charge in [-0.25, -0.2) is 23.9 Å². The number of carbonyl (C=O) groups is 2. The zero-order valence-electron chi connectivity index (χ0n) is 20.4. The van der Waals surface area contributed by atoms with Crippen molar-refractivity contribution in [1.29, 1.82) is 0 Å². The number of aromatic nitrogens is 2. The number of esters is 2. The molecular weight excluding hydrogens is 553 g/mol. The van der Waals surface area contributed by atoms with Crippen molar-refractivity contribution in [3.63, 3.8) is 0 Å². The Bertz CT molecular complexity index is 1420. The summed E-state index contributed by atoms with van der Waals surface area (Å²) in [5.41, 5.74) is 1.33. The van der Waals surface area contributed by atoms with Crippen LogP contribution in [0.1, 0.15) is 39.1 Å². The predicted molar refractivity (Wildman–Crippen MR) is 143 cm³/mol. The summed E-state index contributed by atoms with van der Waals surface area (Å²) in [6, 6.07) is 3.59. The Kier molecular flexibility index (Phi) is 7.73. The number of piperidine rings is 1. The number of hydrogen-bond acceptors (Lipinski definition) is 11. The first-order valence-corrected chi connectivity index (χ1v) is 13.8. The minimum atomic E-state index is -0.875. The van der Waals surface area contributed by atoms with Crippen molar-refractivity contribution in [3.8, 4) is 0 Å². The van der Waals surface area contributed by atoms with Crippen LogP contribution in [0.15, 0.2) is 52.2 Å². The molecule has 0 bridgehead atoms. The van der Waals surface area contributed by atoms with Gasteiger partial charge in [0.1, 0.15) is 16.7 Å². The Morgan fingerprint density at radius 1 is 1.16 bits per heavy atom. The van der Waals surface area contributed by atoms with Gasteiger partial charge in [0.05, 0.1) is 31.0 Å². The molecule has 2 aliphatic rings. The topological polar surface area (TPSA) is 106 Å². The van der Waals surface area contributed by atoms with Crippen LogP contribution < -0.4 is 10.2 Å². The fourth-order valence-corrected chi connectivity index (χ4v) is 6.30. The Balaban J connectivity index is 1.50. The standard InChI is InChI=1S/C25H23ClFN5O4S2/c1-35-23(33)16-12-29-25(38-16)32-9-6-13(7-10-32)19-17(24(34)36-2)20(14-4-3-5-15(27)18(14)26)31-21(30-19)22-28-8-11-37-22/h3-5,8,11-13,20H,6-7,9-10H2,1-2H3,(H,30,31). The summed E-state index contributed by atoms with van der Waals surface area (Å²) < 4.78 is 24.4. The van der Waals surface area contributed by atoms with Crippen molar-refractivity contribution in [2.24, 2.45) is 10.9 Å². The van der Waals surface area contributed by atoms with Gasteiger partial charge in [0.2, 0.25) is 0 Å². The summed E-state index contributed by atoms with van der Waals surface area (Å²) in [5, 5.41) is 6.46. The first-order chi connectivity index (χ1) is 18.4. The number of hydrogen-bond donors (Lipinski definition) is 1. The number of anilines is 1. The van der Waals surface area contributed by atoms with Crippen LogP contribution in [0, 0.1) is 11.7 Å². The molecule has 1 saturated heterocycles. The maximum atomic E-state index is 14.5. The number of thiazole rings is 2. The Hall–Kier alpha value is -3.35. The molecule has 5 rings (SSSR count). The Morgan fingerprint density at radius 3 is 2.61 bits per heavy atom. The van der Waals surface area contributed by atoms with Gasteiger partial charge in [-0.2, -0.15) is 0 Å². The van der Waals surface area contributed by atoms with E-state index in [1.807, 2.05) is 5.38 Å². The van der Waals surface area contributed by atoms with Crippen LogP contribution in [-0.4, -0.2) is 55.1 Å². The molecule has 3 aromatic rings. The number of benzene rings is 1. The second kappa shape index (κ2) is 11.2. The zero-order chi connectivity index (χ0) is 26.8. The van der Waals surface area contributed by atoms with Crippen molar-refractivity contribution in [1.82, 2.24) is 15.3 Å². The molecule has 198 valence electrons. The van der Waals surface area contributed by atoms with Gasteiger partial charge in [0, 0.05) is 41.8 Å². The number of methoxy groups -OCH3 is 2. The number of halogens is 2. The Labute approximate surface area is 231 Å². The van der Waals surface area contributed by atoms with Gasteiger partial charge in [0.25, 0.3) is 0 Å². The number of nitrogens with zero attached hydrogens (tertiary/aromatic N) is 4. The largest absolute Gasteiger partial charge is 0.466 e. The van der Waals surface area contributed by atoms with E-state index in [9.17, 15) is 14.0 Å². The molecule has 1 unspecified atom stereocenters. The fourth-order valence-electron chi connectivity index (χ4n) is 4.59. The number of aliphatic imine (C=N–C) groups is 1. The lowest BCUT2D eigenvalue weighted by Crippen LogP contribution is -2.41. The highest BCUT2D eigenvalue weighted by Gasteiger charge is 2.38. The van der Waals surface area contributed by atoms with Crippen LogP contribution in [0.25, 0.3) is 0 Å². The number of rotatable bonds is 6. The van der Waals surface area contributed by atoms with Gasteiger partial charge >= 0.3 is 11.9 Å². The Morgan fingerprint density at radius 2 is 1.92 bits per heavy atom. The molecule has 0 radical (unpaired) electrons. The summed E-state index contributed by atoms with van der Waals surface area (Å²) in [7, 11) is 2.64. The molecule has 0 aliphatic carbocycles. The summed E-state index contributed by atoms with van der Waals surface area (Å²) in [6.45, 7) is 1.29. The second-order valence-electron chi connectivity index (χ2n) is 8.56. The molecule has 1 atom stereocenters. The monoisotopic (exact) mass is 575 g/mol. The van der Waals surface area contributed by atoms with Gasteiger partial charge in [0.15, 0.2) is 16.0 Å². The van der Waals surface area contributed by atoms with E-state index in [-0.39, 0.29) is 10.9 Å². The highest BCUT2D eigenvalue weighted by Crippen LogP contribution is 2.41. The van der Waals surface area contributed by atoms with Crippen molar-refractivity contribution in [2.75, 3.05) is 32.2 Å². The van der Waals surface area contributed by atoms with E-state index in [1.165, 1.54) is 49.2 Å². The van der Waals surface area contributed by atoms with E-state index in [2.05, 4.69) is 20.2 Å². The van der Waals surface area contributed by atoms with Crippen LogP contribution >= 0.6 is 34.3 Å². The highest BCUT2D eigenvalue weighted by atomic mass is 35.5. The highest BCUT2D eigenvalue weighted by molar-refractivity contribution is 7.17. The number of ether oxygens (including phenoxy) is 2. The quantitative estimate of drug-likeness (QED) is 0.425. The second-order valence-corrected chi connectivity index (χ2v) is 10.8. The van der Waals surface area contributed by atoms with Gasteiger partial charge in [-0.05, 0) is 18.9 Å². The smallest absolute Gasteiger partial charge is 0.349 e. The maximum absolute atomic E-state index is 14.5. The van der Waals surface area contributed by atoms with E-state index in [0.717, 1.165) is 5.13 Å². The third kappa shape index (κ3) is 5.03. The summed E-state index contributed by atoms with van der Waals surface area (Å²) in [6.07, 6.45) is 4.56. The predicted octanol–water partition coefficient (Wildman–Crippen LogP) is 4.61. The molecule has 2 aliphatic heterocycles. The number of allylic oxidation sites excluding steroid dienone is 1. The molecule has 1 aromatic carbocycles. The SMILES string of the molecule is COC(=O)C1=C(C2CCN(c3ncc(C(=O)OC)s3)CC2)NC(c2nccs2)=NC1c1cccc(F)c1Cl. The molecule has 4 heterocycles. The molecule has 2 aromatic heterocycles. The van der Waals surface area contributed by atoms with Crippen LogP contribution in [0.3, 0.4) is 0 Å². The molecule has 13 heteroatoms. The number of nitrogens with one attached hydrogen (secondary N) is 1. The van der Waals surface area contributed by atoms with Crippen LogP contribution in [0.4, 0.5) is 9.52 Å². The van der Waals surface area contributed by atoms with Crippen LogP contribution in [0.2, 0.25) is 5.02 Å². The lowest BCUT2D eigenvalue weighted by atomic mass is 9.86. The zero-order valence-corrected chi connectivity index (χ0v) is 22.8. The van der Waals surface area contributed by atoms with Crippen LogP contribution in [0.5, 0.6) is 0 Å². The molecule has 0 amide bonds. The number of amidine groups is 1. The molecule has 0 saturated carbocycles. The maximum Gasteiger partial charge on any atom is 0.349 e. The summed E-state index contributed by atoms with van der Waals surface area (Å²) >= 11 is 9.05. The van der Waals surface area contributed by atoms with Gasteiger partial charge in [-0.1, -0.05) is 35.1 Å². The van der Waals surface area contributed by atoms with Crippen molar-refractivity contribution < 1.29 is 23.5 Å². The molecular formula is C25H23ClFN5O4S2. The molecule has 9 nitrogen and oxygen atoms in total. The normalized spacial score (nSPS) is 18.2. The van der Waals surface area contributed by atoms with Crippen molar-refractivity contribution in [3.05, 3.63) is 73.5 Å². The molecule has 0 spiro atoms. The summed E-state index contributed by atoms with van der Waals surface area (Å²) in [5.74, 6) is -1.15. The average Bonchev–Trinajstić information content (AvgIpc) is 3.66. The van der Waals surface area contributed by atoms with E-state index < -0.39 is 23.8 Å². The third-order valence-electron chi connectivity index (χ3n) is 6.44. The molecule has 1 fully saturated rings. The lowest BCUT2D eigenvalue weighted by molar-refractivity contribution is -0.136. The number of carbonyl (C=O) groups excluding carboxylic acids is 2. The third-order valence-corrected chi connectivity index (χ3v) is 8.66. The first-order valence-electron chi connectivity index (χ1n) is 11.7. The van der Waals surface area contributed by atoms with E-state index >= 15 is 0 Å². The van der Waals surface area contributed by atoms with E-state index in [1.54, 1.807) is 18.3 Å². The van der Waals surface area contributed by atoms with Gasteiger partial charge in [-0.3, -0.25) is 4.99 Å². The van der Waals surface area contributed by atoms with Gasteiger partial charge < -0.3 is 19.7 Å². The van der Waals surface area contributed by atoms with Gasteiger partial charge in [-0.15, -0.1) is 11.3 Å². The minimum Gasteiger partial charge on any atom is -0.466 e. The van der Waals surface area contributed by atoms with Crippen molar-refractivity contribution in [2.45, 2.75) is 18.9 Å². The molecule has 38 heavy (non-hydrogen) atoms. The average molecular weight is 576 g/mol. The lowest BCUT2D eigenvalue weighted by Gasteiger charge is -2.36. The minimum absolute atomic E-state index is 0.0549. The summed E-state index contributed by atoms with van der Waals surface area (Å²) in [4.78, 5) is 41.1. The van der Waals surface area contributed by atoms with Crippen LogP contribution in [-0.2, 0) is 14.3 Å². The van der Waals surface area contributed by atoms with E-state index in [4.69, 9.17) is 26.1 Å². The first kappa shape index (κ1) is 26.3. The molecule has 1 N–H and O–H groups in total. The van der Waals surface area contributed by atoms with Crippen molar-refractivity contribution >= 4 is 57.2 Å². The van der Waals surface area contributed by atoms with E-state index in [0.29, 0.717) is 58.5 Å².